The minimum atomic E-state index is -4.41. The number of Topliss-reactive ketones (excluding diaryl/α,β-unsaturated/α-hetero) is 1. The molecule has 0 aliphatic heterocycles. The molecular weight excluding hydrogens is 429 g/mol. The van der Waals surface area contributed by atoms with Gasteiger partial charge in [-0.05, 0) is 55.7 Å². The summed E-state index contributed by atoms with van der Waals surface area (Å²) in [6.07, 6.45) is 3.55. The van der Waals surface area contributed by atoms with Crippen molar-refractivity contribution in [3.8, 4) is 11.8 Å². The monoisotopic (exact) mass is 452 g/mol. The van der Waals surface area contributed by atoms with Crippen LogP contribution < -0.4 is 0 Å². The Bertz CT molecular complexity index is 1180. The first-order valence-electron chi connectivity index (χ1n) is 10.9. The molecule has 1 aliphatic rings. The summed E-state index contributed by atoms with van der Waals surface area (Å²) < 4.78 is 39.9. The number of hydrogen-bond donors (Lipinski definition) is 0. The molecule has 2 heterocycles. The molecule has 0 amide bonds. The first-order chi connectivity index (χ1) is 15.7. The molecule has 0 spiro atoms. The number of nitrogens with zero attached hydrogens (tertiary/aromatic N) is 4. The third-order valence-corrected chi connectivity index (χ3v) is 6.35. The third kappa shape index (κ3) is 4.54. The number of carbonyl (C=O) groups is 1. The van der Waals surface area contributed by atoms with Crippen molar-refractivity contribution >= 4 is 5.78 Å². The standard InChI is InChI=1S/C25H23F3N4O/c1-17-21(15-31-32(17)20-8-6-19(7-9-20)25(26,27)28)22(33)13-18-5-10-23(30-14-18)24(16-29)11-3-2-4-12-24/h5-10,14-15H,2-4,11-13H2,1H3. The van der Waals surface area contributed by atoms with Crippen LogP contribution in [-0.4, -0.2) is 20.5 Å². The number of pyridine rings is 1. The number of alkyl halides is 3. The van der Waals surface area contributed by atoms with Gasteiger partial charge in [0.15, 0.2) is 5.78 Å². The molecule has 1 aromatic carbocycles. The van der Waals surface area contributed by atoms with Crippen molar-refractivity contribution in [3.63, 3.8) is 0 Å². The summed E-state index contributed by atoms with van der Waals surface area (Å²) in [6.45, 7) is 1.71. The molecule has 0 N–H and O–H groups in total. The van der Waals surface area contributed by atoms with Crippen molar-refractivity contribution in [2.45, 2.75) is 57.0 Å². The first kappa shape index (κ1) is 22.7. The number of aromatic nitrogens is 3. The quantitative estimate of drug-likeness (QED) is 0.463. The van der Waals surface area contributed by atoms with E-state index in [1.54, 1.807) is 13.1 Å². The molecular formula is C25H23F3N4O. The zero-order valence-electron chi connectivity index (χ0n) is 18.2. The Morgan fingerprint density at radius 3 is 2.36 bits per heavy atom. The summed E-state index contributed by atoms with van der Waals surface area (Å²) in [5.74, 6) is -0.159. The molecule has 0 saturated heterocycles. The molecule has 1 fully saturated rings. The van der Waals surface area contributed by atoms with E-state index in [0.717, 1.165) is 55.5 Å². The van der Waals surface area contributed by atoms with Crippen LogP contribution in [0.1, 0.15) is 65.0 Å². The van der Waals surface area contributed by atoms with Crippen LogP contribution in [0.4, 0.5) is 13.2 Å². The highest BCUT2D eigenvalue weighted by Crippen LogP contribution is 2.38. The molecule has 33 heavy (non-hydrogen) atoms. The van der Waals surface area contributed by atoms with Crippen molar-refractivity contribution in [2.24, 2.45) is 0 Å². The van der Waals surface area contributed by atoms with Gasteiger partial charge in [0.05, 0.1) is 45.9 Å². The van der Waals surface area contributed by atoms with Gasteiger partial charge in [0, 0.05) is 12.6 Å². The summed E-state index contributed by atoms with van der Waals surface area (Å²) in [6, 6.07) is 10.8. The van der Waals surface area contributed by atoms with Gasteiger partial charge in [0.1, 0.15) is 0 Å². The summed E-state index contributed by atoms with van der Waals surface area (Å²) in [5.41, 5.74) is 1.60. The maximum absolute atomic E-state index is 12.9. The number of halogens is 3. The maximum Gasteiger partial charge on any atom is 0.416 e. The molecule has 0 atom stereocenters. The number of carbonyl (C=O) groups excluding carboxylic acids is 1. The van der Waals surface area contributed by atoms with E-state index in [0.29, 0.717) is 16.9 Å². The van der Waals surface area contributed by atoms with Gasteiger partial charge in [-0.2, -0.15) is 23.5 Å². The Hall–Kier alpha value is -3.47. The molecule has 2 aromatic heterocycles. The molecule has 3 aromatic rings. The fourth-order valence-electron chi connectivity index (χ4n) is 4.41. The van der Waals surface area contributed by atoms with Gasteiger partial charge >= 0.3 is 6.18 Å². The lowest BCUT2D eigenvalue weighted by atomic mass is 9.72. The van der Waals surface area contributed by atoms with E-state index in [1.165, 1.54) is 23.0 Å². The van der Waals surface area contributed by atoms with E-state index in [4.69, 9.17) is 0 Å². The molecule has 5 nitrogen and oxygen atoms in total. The SMILES string of the molecule is Cc1c(C(=O)Cc2ccc(C3(C#N)CCCCC3)nc2)cnn1-c1ccc(C(F)(F)F)cc1. The maximum atomic E-state index is 12.9. The lowest BCUT2D eigenvalue weighted by Gasteiger charge is -2.30. The van der Waals surface area contributed by atoms with Crippen molar-refractivity contribution in [3.05, 3.63) is 76.9 Å². The van der Waals surface area contributed by atoms with Crippen LogP contribution in [0.15, 0.2) is 48.8 Å². The van der Waals surface area contributed by atoms with E-state index < -0.39 is 17.2 Å². The molecule has 1 saturated carbocycles. The molecule has 0 bridgehead atoms. The van der Waals surface area contributed by atoms with Crippen molar-refractivity contribution in [1.82, 2.24) is 14.8 Å². The van der Waals surface area contributed by atoms with Crippen LogP contribution in [0, 0.1) is 18.3 Å². The van der Waals surface area contributed by atoms with E-state index in [-0.39, 0.29) is 12.2 Å². The van der Waals surface area contributed by atoms with Crippen LogP contribution in [0.25, 0.3) is 5.69 Å². The Morgan fingerprint density at radius 1 is 1.09 bits per heavy atom. The fraction of sp³-hybridized carbons (Fsp3) is 0.360. The van der Waals surface area contributed by atoms with Crippen LogP contribution in [-0.2, 0) is 18.0 Å². The van der Waals surface area contributed by atoms with Crippen LogP contribution >= 0.6 is 0 Å². The normalized spacial score (nSPS) is 15.7. The second-order valence-corrected chi connectivity index (χ2v) is 8.51. The number of nitriles is 1. The van der Waals surface area contributed by atoms with E-state index in [2.05, 4.69) is 16.2 Å². The Kier molecular flexibility index (Phi) is 6.07. The van der Waals surface area contributed by atoms with Gasteiger partial charge in [-0.3, -0.25) is 9.78 Å². The predicted molar refractivity (Wildman–Crippen MR) is 116 cm³/mol. The summed E-state index contributed by atoms with van der Waals surface area (Å²) in [5, 5.41) is 13.9. The van der Waals surface area contributed by atoms with Gasteiger partial charge in [-0.15, -0.1) is 0 Å². The van der Waals surface area contributed by atoms with Gasteiger partial charge in [-0.25, -0.2) is 4.68 Å². The van der Waals surface area contributed by atoms with Gasteiger partial charge in [0.25, 0.3) is 0 Å². The Labute approximate surface area is 189 Å². The molecule has 0 radical (unpaired) electrons. The highest BCUT2D eigenvalue weighted by atomic mass is 19.4. The van der Waals surface area contributed by atoms with Crippen molar-refractivity contribution < 1.29 is 18.0 Å². The fourth-order valence-corrected chi connectivity index (χ4v) is 4.41. The largest absolute Gasteiger partial charge is 0.416 e. The average Bonchev–Trinajstić information content (AvgIpc) is 3.21. The lowest BCUT2D eigenvalue weighted by molar-refractivity contribution is -0.137. The zero-order chi connectivity index (χ0) is 23.6. The van der Waals surface area contributed by atoms with Crippen LogP contribution in [0.5, 0.6) is 0 Å². The van der Waals surface area contributed by atoms with Crippen molar-refractivity contribution in [2.75, 3.05) is 0 Å². The van der Waals surface area contributed by atoms with Crippen molar-refractivity contribution in [1.29, 1.82) is 5.26 Å². The number of hydrogen-bond acceptors (Lipinski definition) is 4. The Balaban J connectivity index is 1.49. The minimum Gasteiger partial charge on any atom is -0.294 e. The minimum absolute atomic E-state index is 0.117. The van der Waals surface area contributed by atoms with Gasteiger partial charge in [-0.1, -0.05) is 25.3 Å². The molecule has 0 unspecified atom stereocenters. The highest BCUT2D eigenvalue weighted by molar-refractivity contribution is 5.98. The lowest BCUT2D eigenvalue weighted by Crippen LogP contribution is -2.28. The summed E-state index contributed by atoms with van der Waals surface area (Å²) >= 11 is 0. The highest BCUT2D eigenvalue weighted by Gasteiger charge is 2.35. The van der Waals surface area contributed by atoms with Crippen LogP contribution in [0.2, 0.25) is 0 Å². The van der Waals surface area contributed by atoms with E-state index >= 15 is 0 Å². The number of ketones is 1. The number of benzene rings is 1. The average molecular weight is 452 g/mol. The molecule has 170 valence electrons. The summed E-state index contributed by atoms with van der Waals surface area (Å²) in [7, 11) is 0. The van der Waals surface area contributed by atoms with E-state index in [1.807, 2.05) is 12.1 Å². The van der Waals surface area contributed by atoms with Gasteiger partial charge < -0.3 is 0 Å². The van der Waals surface area contributed by atoms with Crippen LogP contribution in [0.3, 0.4) is 0 Å². The smallest absolute Gasteiger partial charge is 0.294 e. The predicted octanol–water partition coefficient (Wildman–Crippen LogP) is 5.75. The number of rotatable bonds is 5. The molecule has 1 aliphatic carbocycles. The summed E-state index contributed by atoms with van der Waals surface area (Å²) in [4.78, 5) is 17.4. The Morgan fingerprint density at radius 2 is 1.79 bits per heavy atom. The zero-order valence-corrected chi connectivity index (χ0v) is 18.2. The first-order valence-corrected chi connectivity index (χ1v) is 10.9. The topological polar surface area (TPSA) is 71.6 Å². The second-order valence-electron chi connectivity index (χ2n) is 8.51. The van der Waals surface area contributed by atoms with Gasteiger partial charge in [0.2, 0.25) is 0 Å². The second kappa shape index (κ2) is 8.81. The molecule has 4 rings (SSSR count). The van der Waals surface area contributed by atoms with E-state index in [9.17, 15) is 23.2 Å². The third-order valence-electron chi connectivity index (χ3n) is 6.35. The molecule has 8 heteroatoms.